The number of benzene rings is 2. The lowest BCUT2D eigenvalue weighted by atomic mass is 10.0. The van der Waals surface area contributed by atoms with E-state index in [1.54, 1.807) is 0 Å². The van der Waals surface area contributed by atoms with Crippen LogP contribution in [0.2, 0.25) is 5.02 Å². The maximum Gasteiger partial charge on any atom is 0.330 e. The normalized spacial score (nSPS) is 13.8. The Morgan fingerprint density at radius 3 is 2.89 bits per heavy atom. The lowest BCUT2D eigenvalue weighted by Gasteiger charge is -2.19. The van der Waals surface area contributed by atoms with Crippen molar-refractivity contribution in [3.05, 3.63) is 53.3 Å². The summed E-state index contributed by atoms with van der Waals surface area (Å²) in [6.45, 7) is 0.415. The summed E-state index contributed by atoms with van der Waals surface area (Å²) in [5.41, 5.74) is 3.23. The topological polar surface area (TPSA) is 139 Å². The standard InChI is InChI=1S/C23H18ClN5O5S/c24-19-14(12-4-5-17-18(8-12)34-7-6-33-17)2-1-3-15(19)28-21-20-22(35-29-21)27-13(10-26-20)9-25-16(11-30)23(31)32/h1-5,8-10,16,30H,6-7,11H2,(H,28,29)(H,31,32)/t16-/m0/s1. The van der Waals surface area contributed by atoms with Gasteiger partial charge in [-0.05, 0) is 35.3 Å². The molecule has 0 aliphatic carbocycles. The van der Waals surface area contributed by atoms with E-state index in [2.05, 4.69) is 24.7 Å². The van der Waals surface area contributed by atoms with E-state index in [0.717, 1.165) is 22.7 Å². The minimum atomic E-state index is -1.25. The van der Waals surface area contributed by atoms with Gasteiger partial charge in [-0.3, -0.25) is 4.99 Å². The van der Waals surface area contributed by atoms with Crippen molar-refractivity contribution in [3.8, 4) is 22.6 Å². The number of hydrogen-bond donors (Lipinski definition) is 3. The Labute approximate surface area is 208 Å². The molecule has 10 nitrogen and oxygen atoms in total. The second-order valence-electron chi connectivity index (χ2n) is 7.45. The van der Waals surface area contributed by atoms with Crippen LogP contribution < -0.4 is 14.8 Å². The predicted molar refractivity (Wildman–Crippen MR) is 132 cm³/mol. The number of anilines is 2. The molecule has 0 radical (unpaired) electrons. The van der Waals surface area contributed by atoms with Crippen LogP contribution in [0.4, 0.5) is 11.5 Å². The second-order valence-corrected chi connectivity index (χ2v) is 8.57. The summed E-state index contributed by atoms with van der Waals surface area (Å²) >= 11 is 7.88. The van der Waals surface area contributed by atoms with Gasteiger partial charge in [-0.25, -0.2) is 14.8 Å². The van der Waals surface area contributed by atoms with Crippen LogP contribution in [0.25, 0.3) is 21.5 Å². The van der Waals surface area contributed by atoms with Gasteiger partial charge in [0.15, 0.2) is 28.2 Å². The van der Waals surface area contributed by atoms with Crippen molar-refractivity contribution in [1.29, 1.82) is 0 Å². The number of rotatable bonds is 7. The largest absolute Gasteiger partial charge is 0.486 e. The fourth-order valence-electron chi connectivity index (χ4n) is 3.43. The fraction of sp³-hybridized carbons (Fsp3) is 0.174. The first kappa shape index (κ1) is 23.0. The molecule has 1 aliphatic heterocycles. The molecule has 0 bridgehead atoms. The number of carboxylic acids is 1. The number of hydrogen-bond acceptors (Lipinski definition) is 10. The van der Waals surface area contributed by atoms with Crippen LogP contribution >= 0.6 is 23.1 Å². The van der Waals surface area contributed by atoms with Crippen LogP contribution in [0.3, 0.4) is 0 Å². The van der Waals surface area contributed by atoms with Crippen molar-refractivity contribution in [1.82, 2.24) is 14.3 Å². The highest BCUT2D eigenvalue weighted by Gasteiger charge is 2.17. The minimum absolute atomic E-state index is 0.353. The Hall–Kier alpha value is -3.80. The van der Waals surface area contributed by atoms with Gasteiger partial charge in [0.05, 0.1) is 23.5 Å². The molecule has 2 aromatic carbocycles. The third-order valence-corrected chi connectivity index (χ3v) is 6.30. The number of aromatic nitrogens is 3. The SMILES string of the molecule is O=C(O)[C@H](CO)N=Cc1cnc2c(Nc3cccc(-c4ccc5c(c4)OCCO5)c3Cl)nsc2n1. The zero-order chi connectivity index (χ0) is 24.4. The molecule has 12 heteroatoms. The summed E-state index contributed by atoms with van der Waals surface area (Å²) < 4.78 is 15.7. The van der Waals surface area contributed by atoms with Gasteiger partial charge in [-0.1, -0.05) is 29.8 Å². The van der Waals surface area contributed by atoms with Crippen LogP contribution in [0.15, 0.2) is 47.6 Å². The third-order valence-electron chi connectivity index (χ3n) is 5.16. The molecule has 3 N–H and O–H groups in total. The molecular formula is C23H18ClN5O5S. The van der Waals surface area contributed by atoms with E-state index < -0.39 is 18.6 Å². The zero-order valence-corrected chi connectivity index (χ0v) is 19.6. The van der Waals surface area contributed by atoms with Gasteiger partial charge in [-0.15, -0.1) is 0 Å². The van der Waals surface area contributed by atoms with E-state index in [1.807, 2.05) is 36.4 Å². The quantitative estimate of drug-likeness (QED) is 0.316. The first-order chi connectivity index (χ1) is 17.0. The number of carbonyl (C=O) groups is 1. The number of nitrogens with zero attached hydrogens (tertiary/aromatic N) is 4. The Morgan fingerprint density at radius 1 is 1.26 bits per heavy atom. The Kier molecular flexibility index (Phi) is 6.45. The number of nitrogens with one attached hydrogen (secondary N) is 1. The Morgan fingerprint density at radius 2 is 2.09 bits per heavy atom. The summed E-state index contributed by atoms with van der Waals surface area (Å²) in [5.74, 6) is 0.646. The summed E-state index contributed by atoms with van der Waals surface area (Å²) in [7, 11) is 0. The number of halogens is 1. The summed E-state index contributed by atoms with van der Waals surface area (Å²) in [4.78, 5) is 24.2. The van der Waals surface area contributed by atoms with E-state index >= 15 is 0 Å². The highest BCUT2D eigenvalue weighted by molar-refractivity contribution is 7.13. The number of fused-ring (bicyclic) bond motifs is 2. The number of carboxylic acid groups (broad SMARTS) is 1. The van der Waals surface area contributed by atoms with Crippen LogP contribution in [-0.2, 0) is 4.79 Å². The average Bonchev–Trinajstić information content (AvgIpc) is 3.27. The van der Waals surface area contributed by atoms with Gasteiger partial charge >= 0.3 is 5.97 Å². The average molecular weight is 512 g/mol. The maximum atomic E-state index is 11.0. The van der Waals surface area contributed by atoms with Crippen molar-refractivity contribution in [2.24, 2.45) is 4.99 Å². The highest BCUT2D eigenvalue weighted by Crippen LogP contribution is 2.40. The maximum absolute atomic E-state index is 11.0. The molecule has 35 heavy (non-hydrogen) atoms. The van der Waals surface area contributed by atoms with Crippen LogP contribution in [0.5, 0.6) is 11.5 Å². The number of aliphatic imine (C=N–C) groups is 1. The van der Waals surface area contributed by atoms with Gasteiger partial charge in [0.25, 0.3) is 0 Å². The number of aliphatic hydroxyl groups is 1. The highest BCUT2D eigenvalue weighted by atomic mass is 35.5. The molecule has 0 amide bonds. The molecule has 0 fully saturated rings. The molecule has 178 valence electrons. The van der Waals surface area contributed by atoms with Crippen molar-refractivity contribution in [2.75, 3.05) is 25.1 Å². The van der Waals surface area contributed by atoms with Gasteiger partial charge < -0.3 is 25.0 Å². The van der Waals surface area contributed by atoms with E-state index in [4.69, 9.17) is 31.3 Å². The molecule has 0 unspecified atom stereocenters. The fourth-order valence-corrected chi connectivity index (χ4v) is 4.41. The molecular weight excluding hydrogens is 494 g/mol. The van der Waals surface area contributed by atoms with Crippen LogP contribution in [-0.4, -0.2) is 62.6 Å². The summed E-state index contributed by atoms with van der Waals surface area (Å²) in [6.07, 6.45) is 2.72. The number of ether oxygens (including phenoxy) is 2. The van der Waals surface area contributed by atoms with Gasteiger partial charge in [0, 0.05) is 11.8 Å². The van der Waals surface area contributed by atoms with Crippen molar-refractivity contribution in [2.45, 2.75) is 6.04 Å². The smallest absolute Gasteiger partial charge is 0.330 e. The molecule has 2 aromatic heterocycles. The van der Waals surface area contributed by atoms with Crippen molar-refractivity contribution < 1.29 is 24.5 Å². The monoisotopic (exact) mass is 511 g/mol. The molecule has 0 saturated heterocycles. The van der Waals surface area contributed by atoms with Crippen LogP contribution in [0, 0.1) is 0 Å². The lowest BCUT2D eigenvalue weighted by Crippen LogP contribution is -2.22. The van der Waals surface area contributed by atoms with E-state index in [0.29, 0.717) is 57.3 Å². The first-order valence-corrected chi connectivity index (χ1v) is 11.6. The van der Waals surface area contributed by atoms with E-state index in [1.165, 1.54) is 12.4 Å². The van der Waals surface area contributed by atoms with E-state index in [-0.39, 0.29) is 0 Å². The zero-order valence-electron chi connectivity index (χ0n) is 18.0. The van der Waals surface area contributed by atoms with Crippen molar-refractivity contribution in [3.63, 3.8) is 0 Å². The molecule has 1 atom stereocenters. The minimum Gasteiger partial charge on any atom is -0.486 e. The van der Waals surface area contributed by atoms with Crippen LogP contribution in [0.1, 0.15) is 5.69 Å². The summed E-state index contributed by atoms with van der Waals surface area (Å²) in [5, 5.41) is 21.8. The molecule has 1 aliphatic rings. The third kappa shape index (κ3) is 4.74. The van der Waals surface area contributed by atoms with Gasteiger partial charge in [0.2, 0.25) is 0 Å². The molecule has 0 spiro atoms. The van der Waals surface area contributed by atoms with Crippen molar-refractivity contribution >= 4 is 57.2 Å². The number of aliphatic carboxylic acids is 1. The predicted octanol–water partition coefficient (Wildman–Crippen LogP) is 3.79. The first-order valence-electron chi connectivity index (χ1n) is 10.5. The molecule has 5 rings (SSSR count). The van der Waals surface area contributed by atoms with Gasteiger partial charge in [-0.2, -0.15) is 4.37 Å². The summed E-state index contributed by atoms with van der Waals surface area (Å²) in [6, 6.07) is 10.1. The molecule has 0 saturated carbocycles. The van der Waals surface area contributed by atoms with Gasteiger partial charge in [0.1, 0.15) is 24.4 Å². The van der Waals surface area contributed by atoms with E-state index in [9.17, 15) is 4.79 Å². The Balaban J connectivity index is 1.40. The number of aliphatic hydroxyl groups excluding tert-OH is 1. The molecule has 3 heterocycles. The second kappa shape index (κ2) is 9.82. The molecule has 4 aromatic rings. The lowest BCUT2D eigenvalue weighted by molar-refractivity contribution is -0.139. The Bertz CT molecular complexity index is 1440.